The summed E-state index contributed by atoms with van der Waals surface area (Å²) in [6.07, 6.45) is 7.09. The highest BCUT2D eigenvalue weighted by Gasteiger charge is 2.23. The van der Waals surface area contributed by atoms with Gasteiger partial charge in [0.25, 0.3) is 5.91 Å². The van der Waals surface area contributed by atoms with E-state index in [1.165, 1.54) is 6.07 Å². The largest absolute Gasteiger partial charge is 0.395 e. The average molecular weight is 674 g/mol. The van der Waals surface area contributed by atoms with E-state index >= 15 is 4.39 Å². The molecule has 6 rings (SSSR count). The Balaban J connectivity index is 1.24. The number of halogens is 1. The lowest BCUT2D eigenvalue weighted by Crippen LogP contribution is -2.46. The minimum Gasteiger partial charge on any atom is -0.395 e. The third-order valence-electron chi connectivity index (χ3n) is 8.99. The van der Waals surface area contributed by atoms with Crippen LogP contribution in [0.2, 0.25) is 0 Å². The lowest BCUT2D eigenvalue weighted by atomic mass is 9.85. The van der Waals surface area contributed by atoms with Gasteiger partial charge in [0.2, 0.25) is 0 Å². The van der Waals surface area contributed by atoms with Crippen molar-refractivity contribution in [3.05, 3.63) is 107 Å². The Morgan fingerprint density at radius 2 is 1.84 bits per heavy atom. The van der Waals surface area contributed by atoms with Gasteiger partial charge < -0.3 is 15.7 Å². The number of nitriles is 1. The molecular formula is C38H40FN9O2. The molecule has 5 aromatic rings. The molecule has 12 heteroatoms. The number of aryl methyl sites for hydroxylation is 1. The second-order valence-electron chi connectivity index (χ2n) is 13.1. The zero-order chi connectivity index (χ0) is 35.4. The highest BCUT2D eigenvalue weighted by molar-refractivity contribution is 6.04. The number of nitrogens with zero attached hydrogens (tertiary/aromatic N) is 7. The molecule has 1 fully saturated rings. The van der Waals surface area contributed by atoms with Gasteiger partial charge >= 0.3 is 0 Å². The molecule has 0 radical (unpaired) electrons. The molecule has 1 aliphatic rings. The number of aliphatic hydroxyl groups is 1. The number of carbonyl (C=O) groups excluding carboxylic acids is 1. The predicted molar refractivity (Wildman–Crippen MR) is 191 cm³/mol. The number of nitrogens with one attached hydrogen (secondary N) is 2. The van der Waals surface area contributed by atoms with E-state index in [0.29, 0.717) is 41.2 Å². The monoisotopic (exact) mass is 673 g/mol. The number of aromatic nitrogens is 4. The molecule has 1 saturated heterocycles. The minimum atomic E-state index is -0.790. The smallest absolute Gasteiger partial charge is 0.255 e. The van der Waals surface area contributed by atoms with Crippen LogP contribution in [-0.4, -0.2) is 79.3 Å². The summed E-state index contributed by atoms with van der Waals surface area (Å²) in [5, 5.41) is 29.6. The summed E-state index contributed by atoms with van der Waals surface area (Å²) in [4.78, 5) is 22.7. The Bertz CT molecular complexity index is 2140. The molecular weight excluding hydrogens is 633 g/mol. The second-order valence-corrected chi connectivity index (χ2v) is 13.1. The lowest BCUT2D eigenvalue weighted by Gasteiger charge is -2.34. The van der Waals surface area contributed by atoms with E-state index in [1.807, 2.05) is 62.0 Å². The van der Waals surface area contributed by atoms with E-state index in [9.17, 15) is 15.2 Å². The first-order chi connectivity index (χ1) is 24.0. The number of fused-ring (bicyclic) bond motifs is 1. The fraction of sp³-hybridized carbons (Fsp3) is 0.316. The maximum Gasteiger partial charge on any atom is 0.255 e. The van der Waals surface area contributed by atoms with E-state index in [4.69, 9.17) is 0 Å². The number of β-amino-alcohol motifs (C(OH)–C–C–N with tert-alkyl or cyclic N) is 1. The second kappa shape index (κ2) is 14.5. The molecule has 1 amide bonds. The molecule has 0 unspecified atom stereocenters. The van der Waals surface area contributed by atoms with Gasteiger partial charge in [-0.25, -0.2) is 9.37 Å². The average Bonchev–Trinajstić information content (AvgIpc) is 3.72. The van der Waals surface area contributed by atoms with E-state index in [2.05, 4.69) is 48.4 Å². The van der Waals surface area contributed by atoms with Gasteiger partial charge in [-0.05, 0) is 74.2 Å². The summed E-state index contributed by atoms with van der Waals surface area (Å²) in [6.45, 7) is 10.2. The molecule has 256 valence electrons. The van der Waals surface area contributed by atoms with Crippen LogP contribution in [0.5, 0.6) is 0 Å². The highest BCUT2D eigenvalue weighted by atomic mass is 19.1. The predicted octanol–water partition coefficient (Wildman–Crippen LogP) is 4.82. The van der Waals surface area contributed by atoms with E-state index in [-0.39, 0.29) is 12.2 Å². The molecule has 0 atom stereocenters. The Hall–Kier alpha value is -5.53. The maximum absolute atomic E-state index is 15.2. The van der Waals surface area contributed by atoms with Crippen molar-refractivity contribution in [1.82, 2.24) is 29.0 Å². The van der Waals surface area contributed by atoms with Gasteiger partial charge in [-0.2, -0.15) is 10.4 Å². The van der Waals surface area contributed by atoms with E-state index < -0.39 is 17.1 Å². The van der Waals surface area contributed by atoms with Crippen LogP contribution in [0, 0.1) is 35.9 Å². The van der Waals surface area contributed by atoms with Crippen LogP contribution >= 0.6 is 0 Å². The van der Waals surface area contributed by atoms with Crippen molar-refractivity contribution in [3.8, 4) is 17.9 Å². The number of benzene rings is 2. The summed E-state index contributed by atoms with van der Waals surface area (Å²) in [7, 11) is 1.84. The molecule has 0 bridgehead atoms. The molecule has 0 saturated carbocycles. The SMILES string of the molecule is Cc1c(F)cc(C(=O)Nc2cc(CN3CCN(CCO)CC3)cc(C(C)(C)C#N)c2)cc1C#Cc1cnc2c(Nc3cnn(C)c3)cccn12. The summed E-state index contributed by atoms with van der Waals surface area (Å²) >= 11 is 0. The van der Waals surface area contributed by atoms with Gasteiger partial charge in [0.1, 0.15) is 11.5 Å². The molecule has 50 heavy (non-hydrogen) atoms. The topological polar surface area (TPSA) is 127 Å². The van der Waals surface area contributed by atoms with Crippen molar-refractivity contribution in [3.63, 3.8) is 0 Å². The van der Waals surface area contributed by atoms with Gasteiger partial charge in [0.15, 0.2) is 5.65 Å². The summed E-state index contributed by atoms with van der Waals surface area (Å²) < 4.78 is 18.8. The van der Waals surface area contributed by atoms with E-state index in [0.717, 1.165) is 48.7 Å². The first kappa shape index (κ1) is 34.3. The fourth-order valence-electron chi connectivity index (χ4n) is 5.97. The van der Waals surface area contributed by atoms with Crippen molar-refractivity contribution in [2.45, 2.75) is 32.7 Å². The number of amides is 1. The number of rotatable bonds is 9. The zero-order valence-electron chi connectivity index (χ0n) is 28.7. The Morgan fingerprint density at radius 3 is 2.56 bits per heavy atom. The van der Waals surface area contributed by atoms with Crippen molar-refractivity contribution < 1.29 is 14.3 Å². The van der Waals surface area contributed by atoms with Crippen LogP contribution in [0.15, 0.2) is 67.3 Å². The third kappa shape index (κ3) is 7.69. The standard InChI is InChI=1S/C38H40FN9O2/c1-26-28(7-8-33-22-41-36-35(6-5-9-48(33)36)43-32-21-42-45(4)24-32)18-29(19-34(26)39)37(50)44-31-17-27(16-30(20-31)38(2,3)25-40)23-47-12-10-46(11-13-47)14-15-49/h5-6,9,16-22,24,43,49H,10-15,23H2,1-4H3,(H,44,50). The Kier molecular flexibility index (Phi) is 9.98. The fourth-order valence-corrected chi connectivity index (χ4v) is 5.97. The zero-order valence-corrected chi connectivity index (χ0v) is 28.7. The van der Waals surface area contributed by atoms with Crippen LogP contribution in [0.1, 0.15) is 52.2 Å². The maximum atomic E-state index is 15.2. The molecule has 3 aromatic heterocycles. The number of imidazole rings is 1. The number of hydrogen-bond acceptors (Lipinski definition) is 8. The number of hydrogen-bond donors (Lipinski definition) is 3. The van der Waals surface area contributed by atoms with Gasteiger partial charge in [-0.1, -0.05) is 12.0 Å². The number of pyridine rings is 1. The molecule has 11 nitrogen and oxygen atoms in total. The molecule has 4 heterocycles. The number of piperazine rings is 1. The van der Waals surface area contributed by atoms with E-state index in [1.54, 1.807) is 36.1 Å². The molecule has 0 spiro atoms. The third-order valence-corrected chi connectivity index (χ3v) is 8.99. The van der Waals surface area contributed by atoms with Crippen molar-refractivity contribution >= 4 is 28.6 Å². The molecule has 1 aliphatic heterocycles. The van der Waals surface area contributed by atoms with Crippen LogP contribution in [0.4, 0.5) is 21.5 Å². The normalized spacial score (nSPS) is 13.9. The van der Waals surface area contributed by atoms with Crippen molar-refractivity contribution in [1.29, 1.82) is 5.26 Å². The summed E-state index contributed by atoms with van der Waals surface area (Å²) in [5.74, 6) is 5.14. The number of anilines is 3. The highest BCUT2D eigenvalue weighted by Crippen LogP contribution is 2.28. The van der Waals surface area contributed by atoms with Crippen molar-refractivity contribution in [2.75, 3.05) is 50.0 Å². The van der Waals surface area contributed by atoms with Gasteiger partial charge in [-0.3, -0.25) is 23.7 Å². The van der Waals surface area contributed by atoms with Crippen molar-refractivity contribution in [2.24, 2.45) is 7.05 Å². The molecule has 2 aromatic carbocycles. The molecule has 3 N–H and O–H groups in total. The van der Waals surface area contributed by atoms with Gasteiger partial charge in [0.05, 0.1) is 41.9 Å². The number of carbonyl (C=O) groups is 1. The van der Waals surface area contributed by atoms with Crippen LogP contribution in [0.25, 0.3) is 5.65 Å². The molecule has 0 aliphatic carbocycles. The van der Waals surface area contributed by atoms with Crippen LogP contribution in [-0.2, 0) is 19.0 Å². The van der Waals surface area contributed by atoms with Crippen LogP contribution < -0.4 is 10.6 Å². The lowest BCUT2D eigenvalue weighted by molar-refractivity contribution is 0.102. The Labute approximate surface area is 291 Å². The number of aliphatic hydroxyl groups excluding tert-OH is 1. The van der Waals surface area contributed by atoms with Crippen LogP contribution in [0.3, 0.4) is 0 Å². The Morgan fingerprint density at radius 1 is 1.06 bits per heavy atom. The summed E-state index contributed by atoms with van der Waals surface area (Å²) in [5.41, 5.74) is 5.20. The van der Waals surface area contributed by atoms with Gasteiger partial charge in [-0.15, -0.1) is 0 Å². The summed E-state index contributed by atoms with van der Waals surface area (Å²) in [6, 6.07) is 14.7. The first-order valence-corrected chi connectivity index (χ1v) is 16.5. The van der Waals surface area contributed by atoms with Gasteiger partial charge in [0, 0.05) is 81.1 Å². The first-order valence-electron chi connectivity index (χ1n) is 16.5. The quantitative estimate of drug-likeness (QED) is 0.190. The minimum absolute atomic E-state index is 0.130.